The molecular weight excluding hydrogens is 392 g/mol. The van der Waals surface area contributed by atoms with Gasteiger partial charge in [-0.05, 0) is 111 Å². The highest BCUT2D eigenvalue weighted by Crippen LogP contribution is 2.30. The standard InChI is InChI=1S/C30H30O2/c1-20-6-11-27(12-7-20)31-28-13-9-22(3)25(18-28)17-26-19-29(14-10-23(26)4)32-30-15-8-21(2)16-24(30)5/h6-16,18-19H,17H2,1-5H3. The second-order valence-electron chi connectivity index (χ2n) is 8.64. The van der Waals surface area contributed by atoms with Crippen molar-refractivity contribution in [2.75, 3.05) is 0 Å². The Balaban J connectivity index is 1.56. The fourth-order valence-electron chi connectivity index (χ4n) is 3.79. The average Bonchev–Trinajstić information content (AvgIpc) is 2.76. The van der Waals surface area contributed by atoms with E-state index in [0.717, 1.165) is 35.0 Å². The van der Waals surface area contributed by atoms with E-state index in [1.54, 1.807) is 0 Å². The van der Waals surface area contributed by atoms with Gasteiger partial charge in [-0.3, -0.25) is 0 Å². The molecule has 0 unspecified atom stereocenters. The first-order chi connectivity index (χ1) is 15.4. The van der Waals surface area contributed by atoms with Crippen molar-refractivity contribution < 1.29 is 9.47 Å². The molecule has 0 aromatic heterocycles. The third kappa shape index (κ3) is 5.20. The van der Waals surface area contributed by atoms with Crippen LogP contribution in [0.3, 0.4) is 0 Å². The van der Waals surface area contributed by atoms with E-state index in [1.165, 1.54) is 33.4 Å². The Hall–Kier alpha value is -3.52. The molecule has 0 spiro atoms. The van der Waals surface area contributed by atoms with Gasteiger partial charge < -0.3 is 9.47 Å². The van der Waals surface area contributed by atoms with Crippen LogP contribution in [0.1, 0.15) is 38.9 Å². The molecule has 0 heterocycles. The van der Waals surface area contributed by atoms with Crippen LogP contribution in [0.15, 0.2) is 78.9 Å². The molecule has 4 aromatic rings. The lowest BCUT2D eigenvalue weighted by Crippen LogP contribution is -1.97. The van der Waals surface area contributed by atoms with Crippen LogP contribution in [0.25, 0.3) is 0 Å². The molecule has 0 aliphatic rings. The maximum Gasteiger partial charge on any atom is 0.130 e. The topological polar surface area (TPSA) is 18.5 Å². The van der Waals surface area contributed by atoms with Crippen molar-refractivity contribution in [3.05, 3.63) is 118 Å². The summed E-state index contributed by atoms with van der Waals surface area (Å²) in [6.45, 7) is 10.6. The van der Waals surface area contributed by atoms with Crippen molar-refractivity contribution in [3.8, 4) is 23.0 Å². The maximum atomic E-state index is 6.22. The van der Waals surface area contributed by atoms with Crippen molar-refractivity contribution in [2.24, 2.45) is 0 Å². The molecule has 0 N–H and O–H groups in total. The van der Waals surface area contributed by atoms with Crippen LogP contribution >= 0.6 is 0 Å². The van der Waals surface area contributed by atoms with E-state index in [9.17, 15) is 0 Å². The third-order valence-corrected chi connectivity index (χ3v) is 5.84. The zero-order valence-electron chi connectivity index (χ0n) is 19.5. The first-order valence-corrected chi connectivity index (χ1v) is 11.1. The highest BCUT2D eigenvalue weighted by atomic mass is 16.5. The van der Waals surface area contributed by atoms with Crippen LogP contribution in [0.5, 0.6) is 23.0 Å². The molecule has 162 valence electrons. The molecule has 0 atom stereocenters. The van der Waals surface area contributed by atoms with Gasteiger partial charge in [0.05, 0.1) is 0 Å². The number of hydrogen-bond donors (Lipinski definition) is 0. The Morgan fingerprint density at radius 2 is 1.00 bits per heavy atom. The van der Waals surface area contributed by atoms with E-state index >= 15 is 0 Å². The summed E-state index contributed by atoms with van der Waals surface area (Å²) in [6, 6.07) is 27.1. The van der Waals surface area contributed by atoms with Crippen LogP contribution in [0, 0.1) is 34.6 Å². The van der Waals surface area contributed by atoms with E-state index < -0.39 is 0 Å². The predicted octanol–water partition coefficient (Wildman–Crippen LogP) is 8.40. The smallest absolute Gasteiger partial charge is 0.130 e. The van der Waals surface area contributed by atoms with E-state index in [0.29, 0.717) is 0 Å². The average molecular weight is 423 g/mol. The van der Waals surface area contributed by atoms with Crippen LogP contribution in [0.2, 0.25) is 0 Å². The lowest BCUT2D eigenvalue weighted by molar-refractivity contribution is 0.478. The molecule has 0 amide bonds. The van der Waals surface area contributed by atoms with Gasteiger partial charge >= 0.3 is 0 Å². The summed E-state index contributed by atoms with van der Waals surface area (Å²) in [5.74, 6) is 3.47. The van der Waals surface area contributed by atoms with Crippen molar-refractivity contribution in [2.45, 2.75) is 41.0 Å². The van der Waals surface area contributed by atoms with Gasteiger partial charge in [0.2, 0.25) is 0 Å². The number of rotatable bonds is 6. The summed E-state index contributed by atoms with van der Waals surface area (Å²) < 4.78 is 12.3. The molecule has 2 nitrogen and oxygen atoms in total. The number of ether oxygens (including phenoxy) is 2. The quantitative estimate of drug-likeness (QED) is 0.310. The monoisotopic (exact) mass is 422 g/mol. The molecule has 4 aromatic carbocycles. The van der Waals surface area contributed by atoms with E-state index in [2.05, 4.69) is 83.1 Å². The molecule has 0 saturated heterocycles. The molecule has 0 fully saturated rings. The van der Waals surface area contributed by atoms with Gasteiger partial charge in [0.25, 0.3) is 0 Å². The minimum absolute atomic E-state index is 0.826. The summed E-state index contributed by atoms with van der Waals surface area (Å²) in [7, 11) is 0. The molecule has 2 heteroatoms. The summed E-state index contributed by atoms with van der Waals surface area (Å²) >= 11 is 0. The normalized spacial score (nSPS) is 10.8. The highest BCUT2D eigenvalue weighted by molar-refractivity contribution is 5.45. The number of aryl methyl sites for hydroxylation is 5. The second kappa shape index (κ2) is 9.32. The van der Waals surface area contributed by atoms with E-state index in [1.807, 2.05) is 30.3 Å². The van der Waals surface area contributed by atoms with Gasteiger partial charge in [0.1, 0.15) is 23.0 Å². The largest absolute Gasteiger partial charge is 0.457 e. The summed E-state index contributed by atoms with van der Waals surface area (Å²) in [5.41, 5.74) is 8.61. The molecule has 4 rings (SSSR count). The Morgan fingerprint density at radius 1 is 0.469 bits per heavy atom. The molecule has 0 aliphatic carbocycles. The van der Waals surface area contributed by atoms with Gasteiger partial charge in [-0.15, -0.1) is 0 Å². The molecule has 0 aliphatic heterocycles. The Kier molecular flexibility index (Phi) is 6.32. The van der Waals surface area contributed by atoms with Crippen molar-refractivity contribution in [1.82, 2.24) is 0 Å². The lowest BCUT2D eigenvalue weighted by Gasteiger charge is -2.14. The number of hydrogen-bond acceptors (Lipinski definition) is 2. The van der Waals surface area contributed by atoms with Crippen LogP contribution in [-0.2, 0) is 6.42 Å². The van der Waals surface area contributed by atoms with Crippen LogP contribution in [0.4, 0.5) is 0 Å². The lowest BCUT2D eigenvalue weighted by atomic mass is 9.97. The predicted molar refractivity (Wildman–Crippen MR) is 132 cm³/mol. The molecule has 0 bridgehead atoms. The fourth-order valence-corrected chi connectivity index (χ4v) is 3.79. The summed E-state index contributed by atoms with van der Waals surface area (Å²) in [4.78, 5) is 0. The van der Waals surface area contributed by atoms with Gasteiger partial charge in [-0.25, -0.2) is 0 Å². The van der Waals surface area contributed by atoms with Crippen LogP contribution < -0.4 is 9.47 Å². The minimum atomic E-state index is 0.826. The van der Waals surface area contributed by atoms with Crippen LogP contribution in [-0.4, -0.2) is 0 Å². The zero-order chi connectivity index (χ0) is 22.7. The summed E-state index contributed by atoms with van der Waals surface area (Å²) in [5, 5.41) is 0. The maximum absolute atomic E-state index is 6.22. The van der Waals surface area contributed by atoms with E-state index in [4.69, 9.17) is 9.47 Å². The third-order valence-electron chi connectivity index (χ3n) is 5.84. The Labute approximate surface area is 191 Å². The van der Waals surface area contributed by atoms with Gasteiger partial charge in [0.15, 0.2) is 0 Å². The molecular formula is C30H30O2. The number of benzene rings is 4. The SMILES string of the molecule is Cc1ccc(Oc2ccc(C)c(Cc3cc(Oc4ccc(C)cc4C)ccc3C)c2)cc1. The van der Waals surface area contributed by atoms with Gasteiger partial charge in [0, 0.05) is 0 Å². The highest BCUT2D eigenvalue weighted by Gasteiger charge is 2.09. The fraction of sp³-hybridized carbons (Fsp3) is 0.200. The van der Waals surface area contributed by atoms with Crippen molar-refractivity contribution in [1.29, 1.82) is 0 Å². The first kappa shape index (κ1) is 21.7. The van der Waals surface area contributed by atoms with E-state index in [-0.39, 0.29) is 0 Å². The minimum Gasteiger partial charge on any atom is -0.457 e. The van der Waals surface area contributed by atoms with Gasteiger partial charge in [-0.1, -0.05) is 47.5 Å². The zero-order valence-corrected chi connectivity index (χ0v) is 19.5. The Bertz CT molecular complexity index is 1240. The summed E-state index contributed by atoms with van der Waals surface area (Å²) in [6.07, 6.45) is 0.826. The molecule has 0 saturated carbocycles. The Morgan fingerprint density at radius 3 is 1.59 bits per heavy atom. The van der Waals surface area contributed by atoms with Crippen molar-refractivity contribution >= 4 is 0 Å². The molecule has 0 radical (unpaired) electrons. The first-order valence-electron chi connectivity index (χ1n) is 11.1. The van der Waals surface area contributed by atoms with Crippen molar-refractivity contribution in [3.63, 3.8) is 0 Å². The van der Waals surface area contributed by atoms with Gasteiger partial charge in [-0.2, -0.15) is 0 Å². The molecule has 32 heavy (non-hydrogen) atoms. The second-order valence-corrected chi connectivity index (χ2v) is 8.64.